The maximum Gasteiger partial charge on any atom is 0.177 e. The number of ether oxygens (including phenoxy) is 2. The first-order chi connectivity index (χ1) is 8.22. The molecule has 2 rings (SSSR count). The predicted octanol–water partition coefficient (Wildman–Crippen LogP) is 3.06. The Balaban J connectivity index is 1.92. The van der Waals surface area contributed by atoms with Crippen LogP contribution >= 0.6 is 0 Å². The number of aliphatic hydroxyl groups excluding tert-OH is 1. The Morgan fingerprint density at radius 3 is 2.59 bits per heavy atom. The molecule has 1 saturated carbocycles. The number of unbranched alkanes of at least 4 members (excludes halogenated alkanes) is 2. The fourth-order valence-electron chi connectivity index (χ4n) is 3.58. The molecule has 1 heterocycles. The van der Waals surface area contributed by atoms with Gasteiger partial charge in [-0.1, -0.05) is 26.2 Å². The summed E-state index contributed by atoms with van der Waals surface area (Å²) in [6.07, 6.45) is 8.01. The highest BCUT2D eigenvalue weighted by atomic mass is 16.9. The summed E-state index contributed by atoms with van der Waals surface area (Å²) < 4.78 is 11.8. The maximum atomic E-state index is 9.15. The first-order valence-corrected chi connectivity index (χ1v) is 7.18. The summed E-state index contributed by atoms with van der Waals surface area (Å²) in [5.41, 5.74) is 0. The van der Waals surface area contributed by atoms with Crippen molar-refractivity contribution in [2.45, 2.75) is 70.9 Å². The van der Waals surface area contributed by atoms with Crippen LogP contribution in [0.3, 0.4) is 0 Å². The summed E-state index contributed by atoms with van der Waals surface area (Å²) in [7, 11) is 0. The first-order valence-electron chi connectivity index (χ1n) is 7.18. The van der Waals surface area contributed by atoms with Gasteiger partial charge in [0.2, 0.25) is 0 Å². The largest absolute Gasteiger partial charge is 0.396 e. The zero-order valence-corrected chi connectivity index (χ0v) is 11.2. The molecule has 1 aliphatic carbocycles. The van der Waals surface area contributed by atoms with Crippen LogP contribution in [0.1, 0.15) is 58.8 Å². The molecule has 1 saturated heterocycles. The second kappa shape index (κ2) is 5.68. The van der Waals surface area contributed by atoms with Crippen molar-refractivity contribution in [2.24, 2.45) is 11.8 Å². The number of aliphatic hydroxyl groups is 1. The summed E-state index contributed by atoms with van der Waals surface area (Å²) in [5, 5.41) is 9.15. The summed E-state index contributed by atoms with van der Waals surface area (Å²) >= 11 is 0. The summed E-state index contributed by atoms with van der Waals surface area (Å²) in [4.78, 5) is 0. The lowest BCUT2D eigenvalue weighted by atomic mass is 9.85. The molecule has 17 heavy (non-hydrogen) atoms. The molecule has 0 aromatic heterocycles. The van der Waals surface area contributed by atoms with Gasteiger partial charge in [0.05, 0.1) is 0 Å². The van der Waals surface area contributed by atoms with E-state index in [2.05, 4.69) is 6.92 Å². The molecule has 100 valence electrons. The van der Waals surface area contributed by atoms with Gasteiger partial charge in [0, 0.05) is 18.9 Å². The number of hydrogen-bond acceptors (Lipinski definition) is 3. The van der Waals surface area contributed by atoms with Crippen molar-refractivity contribution in [3.8, 4) is 0 Å². The molecule has 0 radical (unpaired) electrons. The summed E-state index contributed by atoms with van der Waals surface area (Å²) in [6, 6.07) is 0. The molecule has 3 heteroatoms. The van der Waals surface area contributed by atoms with Gasteiger partial charge in [-0.3, -0.25) is 0 Å². The fourth-order valence-corrected chi connectivity index (χ4v) is 3.58. The van der Waals surface area contributed by atoms with Crippen molar-refractivity contribution in [1.29, 1.82) is 0 Å². The molecule has 1 N–H and O–H groups in total. The van der Waals surface area contributed by atoms with E-state index >= 15 is 0 Å². The standard InChI is InChI=1S/C14H26O3/c1-3-4-5-6-13-12(8-10-15)7-9-14(13)16-11(2)17-14/h11-13,15H,3-10H2,1-2H3. The highest BCUT2D eigenvalue weighted by molar-refractivity contribution is 4.95. The van der Waals surface area contributed by atoms with Crippen molar-refractivity contribution in [3.63, 3.8) is 0 Å². The molecule has 2 aliphatic rings. The monoisotopic (exact) mass is 242 g/mol. The maximum absolute atomic E-state index is 9.15. The molecule has 0 amide bonds. The molecule has 0 aromatic rings. The second-order valence-electron chi connectivity index (χ2n) is 5.53. The van der Waals surface area contributed by atoms with E-state index in [0.29, 0.717) is 18.4 Å². The van der Waals surface area contributed by atoms with E-state index in [1.54, 1.807) is 0 Å². The highest BCUT2D eigenvalue weighted by Crippen LogP contribution is 2.52. The van der Waals surface area contributed by atoms with Crippen LogP contribution in [-0.2, 0) is 9.47 Å². The Hall–Kier alpha value is -0.120. The van der Waals surface area contributed by atoms with Crippen LogP contribution in [0.4, 0.5) is 0 Å². The van der Waals surface area contributed by atoms with Crippen molar-refractivity contribution >= 4 is 0 Å². The topological polar surface area (TPSA) is 38.7 Å². The third-order valence-corrected chi connectivity index (χ3v) is 4.35. The van der Waals surface area contributed by atoms with Gasteiger partial charge in [-0.15, -0.1) is 0 Å². The van der Waals surface area contributed by atoms with Crippen LogP contribution in [0.25, 0.3) is 0 Å². The van der Waals surface area contributed by atoms with E-state index in [1.165, 1.54) is 25.7 Å². The van der Waals surface area contributed by atoms with Crippen molar-refractivity contribution in [3.05, 3.63) is 0 Å². The molecule has 2 atom stereocenters. The van der Waals surface area contributed by atoms with Gasteiger partial charge in [0.25, 0.3) is 0 Å². The van der Waals surface area contributed by atoms with Gasteiger partial charge in [-0.25, -0.2) is 0 Å². The second-order valence-corrected chi connectivity index (χ2v) is 5.53. The molecule has 3 nitrogen and oxygen atoms in total. The van der Waals surface area contributed by atoms with Crippen molar-refractivity contribution in [1.82, 2.24) is 0 Å². The van der Waals surface area contributed by atoms with Crippen LogP contribution in [0.5, 0.6) is 0 Å². The molecule has 0 aromatic carbocycles. The van der Waals surface area contributed by atoms with Gasteiger partial charge in [0.15, 0.2) is 12.1 Å². The third kappa shape index (κ3) is 2.67. The lowest BCUT2D eigenvalue weighted by Gasteiger charge is -2.48. The van der Waals surface area contributed by atoms with E-state index in [1.807, 2.05) is 6.92 Å². The van der Waals surface area contributed by atoms with Crippen LogP contribution in [0.15, 0.2) is 0 Å². The minimum atomic E-state index is -0.285. The minimum Gasteiger partial charge on any atom is -0.396 e. The molecular weight excluding hydrogens is 216 g/mol. The van der Waals surface area contributed by atoms with Crippen LogP contribution < -0.4 is 0 Å². The van der Waals surface area contributed by atoms with Crippen LogP contribution in [-0.4, -0.2) is 23.8 Å². The predicted molar refractivity (Wildman–Crippen MR) is 66.4 cm³/mol. The third-order valence-electron chi connectivity index (χ3n) is 4.35. The Morgan fingerprint density at radius 1 is 1.24 bits per heavy atom. The van der Waals surface area contributed by atoms with E-state index in [0.717, 1.165) is 19.3 Å². The average Bonchev–Trinajstić information content (AvgIpc) is 2.59. The number of hydrogen-bond donors (Lipinski definition) is 1. The van der Waals surface area contributed by atoms with Crippen molar-refractivity contribution < 1.29 is 14.6 Å². The zero-order chi connectivity index (χ0) is 12.3. The molecule has 1 spiro atoms. The van der Waals surface area contributed by atoms with Gasteiger partial charge in [0.1, 0.15) is 0 Å². The summed E-state index contributed by atoms with van der Waals surface area (Å²) in [6.45, 7) is 4.49. The SMILES string of the molecule is CCCCCC1C(CCO)CCC12OC(C)O2. The summed E-state index contributed by atoms with van der Waals surface area (Å²) in [5.74, 6) is 0.800. The van der Waals surface area contributed by atoms with Crippen LogP contribution in [0, 0.1) is 11.8 Å². The lowest BCUT2D eigenvalue weighted by Crippen LogP contribution is -2.55. The van der Waals surface area contributed by atoms with E-state index in [9.17, 15) is 0 Å². The quantitative estimate of drug-likeness (QED) is 0.727. The highest BCUT2D eigenvalue weighted by Gasteiger charge is 2.56. The molecule has 0 bridgehead atoms. The average molecular weight is 242 g/mol. The van der Waals surface area contributed by atoms with Crippen molar-refractivity contribution in [2.75, 3.05) is 6.61 Å². The number of rotatable bonds is 6. The van der Waals surface area contributed by atoms with E-state index < -0.39 is 0 Å². The first kappa shape index (κ1) is 13.3. The Morgan fingerprint density at radius 2 is 2.00 bits per heavy atom. The van der Waals surface area contributed by atoms with Gasteiger partial charge < -0.3 is 14.6 Å². The van der Waals surface area contributed by atoms with E-state index in [-0.39, 0.29) is 12.1 Å². The lowest BCUT2D eigenvalue weighted by molar-refractivity contribution is -0.459. The molecule has 1 aliphatic heterocycles. The van der Waals surface area contributed by atoms with Gasteiger partial charge in [-0.2, -0.15) is 0 Å². The Labute approximate surface area is 104 Å². The Kier molecular flexibility index (Phi) is 4.45. The normalized spacial score (nSPS) is 40.8. The minimum absolute atomic E-state index is 0.0310. The van der Waals surface area contributed by atoms with Gasteiger partial charge in [-0.05, 0) is 32.1 Å². The zero-order valence-electron chi connectivity index (χ0n) is 11.2. The van der Waals surface area contributed by atoms with Crippen LogP contribution in [0.2, 0.25) is 0 Å². The molecule has 2 unspecified atom stereocenters. The van der Waals surface area contributed by atoms with E-state index in [4.69, 9.17) is 14.6 Å². The molecule has 2 fully saturated rings. The molecular formula is C14H26O3. The van der Waals surface area contributed by atoms with Gasteiger partial charge >= 0.3 is 0 Å². The Bertz CT molecular complexity index is 236. The fraction of sp³-hybridized carbons (Fsp3) is 1.00. The smallest absolute Gasteiger partial charge is 0.177 e.